The number of anilines is 1. The Morgan fingerprint density at radius 1 is 0.966 bits per heavy atom. The molecule has 0 spiro atoms. The molecular formula is C21H28F3N5. The molecule has 8 heteroatoms. The molecule has 2 fully saturated rings. The molecular weight excluding hydrogens is 379 g/mol. The maximum absolute atomic E-state index is 12.8. The maximum atomic E-state index is 12.8. The fraction of sp³-hybridized carbons (Fsp3) is 0.571. The average molecular weight is 407 g/mol. The third-order valence-electron chi connectivity index (χ3n) is 6.05. The lowest BCUT2D eigenvalue weighted by molar-refractivity contribution is -0.141. The van der Waals surface area contributed by atoms with Crippen LogP contribution in [0.5, 0.6) is 0 Å². The van der Waals surface area contributed by atoms with Crippen LogP contribution < -0.4 is 16.0 Å². The number of alkyl halides is 3. The highest BCUT2D eigenvalue weighted by Gasteiger charge is 2.33. The molecule has 3 N–H and O–H groups in total. The quantitative estimate of drug-likeness (QED) is 0.811. The van der Waals surface area contributed by atoms with E-state index in [4.69, 9.17) is 5.73 Å². The fourth-order valence-corrected chi connectivity index (χ4v) is 4.45. The number of aromatic nitrogens is 2. The molecule has 2 aliphatic rings. The van der Waals surface area contributed by atoms with E-state index in [1.807, 2.05) is 24.3 Å². The number of rotatable bonds is 4. The Morgan fingerprint density at radius 2 is 1.69 bits per heavy atom. The molecule has 2 heterocycles. The lowest BCUT2D eigenvalue weighted by atomic mass is 9.89. The number of nitrogens with two attached hydrogens (primary N) is 1. The molecule has 1 aromatic heterocycles. The predicted molar refractivity (Wildman–Crippen MR) is 107 cm³/mol. The molecule has 1 saturated carbocycles. The van der Waals surface area contributed by atoms with Gasteiger partial charge >= 0.3 is 6.18 Å². The molecule has 1 aromatic carbocycles. The summed E-state index contributed by atoms with van der Waals surface area (Å²) in [6.07, 6.45) is 3.87. The normalized spacial score (nSPS) is 25.9. The summed E-state index contributed by atoms with van der Waals surface area (Å²) in [5.41, 5.74) is 7.10. The number of nitrogens with zero attached hydrogens (tertiary/aromatic N) is 3. The first kappa shape index (κ1) is 20.2. The van der Waals surface area contributed by atoms with Crippen LogP contribution in [0.15, 0.2) is 36.5 Å². The first-order valence-corrected chi connectivity index (χ1v) is 10.4. The molecule has 0 amide bonds. The second-order valence-corrected chi connectivity index (χ2v) is 8.17. The van der Waals surface area contributed by atoms with Crippen molar-refractivity contribution in [1.29, 1.82) is 0 Å². The van der Waals surface area contributed by atoms with Gasteiger partial charge in [-0.15, -0.1) is 0 Å². The summed E-state index contributed by atoms with van der Waals surface area (Å²) in [5.74, 6) is 0. The van der Waals surface area contributed by atoms with Gasteiger partial charge in [0.2, 0.25) is 0 Å². The number of hydrogen-bond acceptors (Lipinski definition) is 4. The van der Waals surface area contributed by atoms with Gasteiger partial charge in [0, 0.05) is 43.1 Å². The zero-order valence-electron chi connectivity index (χ0n) is 16.4. The topological polar surface area (TPSA) is 59.1 Å². The summed E-state index contributed by atoms with van der Waals surface area (Å²) >= 11 is 0. The first-order valence-electron chi connectivity index (χ1n) is 10.4. The SMILES string of the molecule is NC1CCCCC1NC1CCCN(c2ccc(-n3ccc(C(F)(F)F)n3)cc2)C1. The van der Waals surface area contributed by atoms with E-state index in [1.54, 1.807) is 0 Å². The second kappa shape index (κ2) is 8.36. The molecule has 3 unspecified atom stereocenters. The Kier molecular flexibility index (Phi) is 5.83. The van der Waals surface area contributed by atoms with Crippen molar-refractivity contribution in [2.45, 2.75) is 62.8 Å². The van der Waals surface area contributed by atoms with Crippen LogP contribution in [0.1, 0.15) is 44.2 Å². The van der Waals surface area contributed by atoms with Gasteiger partial charge in [-0.05, 0) is 56.0 Å². The van der Waals surface area contributed by atoms with Crippen LogP contribution in [0.3, 0.4) is 0 Å². The summed E-state index contributed by atoms with van der Waals surface area (Å²) in [6.45, 7) is 1.90. The largest absolute Gasteiger partial charge is 0.435 e. The maximum Gasteiger partial charge on any atom is 0.435 e. The van der Waals surface area contributed by atoms with Gasteiger partial charge in [0.1, 0.15) is 0 Å². The van der Waals surface area contributed by atoms with E-state index in [1.165, 1.54) is 23.7 Å². The zero-order valence-corrected chi connectivity index (χ0v) is 16.4. The second-order valence-electron chi connectivity index (χ2n) is 8.17. The van der Waals surface area contributed by atoms with Crippen molar-refractivity contribution >= 4 is 5.69 Å². The van der Waals surface area contributed by atoms with Crippen LogP contribution in [-0.2, 0) is 6.18 Å². The fourth-order valence-electron chi connectivity index (χ4n) is 4.45. The van der Waals surface area contributed by atoms with Gasteiger partial charge in [-0.3, -0.25) is 0 Å². The molecule has 1 aliphatic carbocycles. The van der Waals surface area contributed by atoms with Crippen molar-refractivity contribution in [3.05, 3.63) is 42.2 Å². The highest BCUT2D eigenvalue weighted by molar-refractivity contribution is 5.51. The molecule has 0 radical (unpaired) electrons. The lowest BCUT2D eigenvalue weighted by Crippen LogP contribution is -2.55. The van der Waals surface area contributed by atoms with Crippen LogP contribution in [-0.4, -0.2) is 41.0 Å². The number of nitrogens with one attached hydrogen (secondary N) is 1. The Labute approximate surface area is 169 Å². The van der Waals surface area contributed by atoms with Gasteiger partial charge in [-0.25, -0.2) is 4.68 Å². The molecule has 29 heavy (non-hydrogen) atoms. The van der Waals surface area contributed by atoms with Crippen molar-refractivity contribution in [1.82, 2.24) is 15.1 Å². The highest BCUT2D eigenvalue weighted by atomic mass is 19.4. The van der Waals surface area contributed by atoms with E-state index >= 15 is 0 Å². The molecule has 0 bridgehead atoms. The summed E-state index contributed by atoms with van der Waals surface area (Å²) in [6, 6.07) is 9.60. The monoisotopic (exact) mass is 407 g/mol. The van der Waals surface area contributed by atoms with E-state index in [0.717, 1.165) is 50.5 Å². The Bertz CT molecular complexity index is 801. The predicted octanol–water partition coefficient (Wildman–Crippen LogP) is 3.72. The van der Waals surface area contributed by atoms with Gasteiger partial charge in [-0.2, -0.15) is 18.3 Å². The standard InChI is InChI=1S/C21H28F3N5/c22-21(23,24)20-11-13-29(27-20)17-9-7-16(8-10-17)28-12-3-4-15(14-28)26-19-6-2-1-5-18(19)25/h7-11,13,15,18-19,26H,1-6,12,14,25H2. The molecule has 4 rings (SSSR count). The highest BCUT2D eigenvalue weighted by Crippen LogP contribution is 2.28. The van der Waals surface area contributed by atoms with Crippen LogP contribution in [0.25, 0.3) is 5.69 Å². The van der Waals surface area contributed by atoms with E-state index in [9.17, 15) is 13.2 Å². The van der Waals surface area contributed by atoms with Crippen molar-refractivity contribution in [3.8, 4) is 5.69 Å². The van der Waals surface area contributed by atoms with Gasteiger partial charge in [0.25, 0.3) is 0 Å². The van der Waals surface area contributed by atoms with E-state index in [0.29, 0.717) is 17.8 Å². The molecule has 1 saturated heterocycles. The van der Waals surface area contributed by atoms with Crippen LogP contribution in [0, 0.1) is 0 Å². The lowest BCUT2D eigenvalue weighted by Gasteiger charge is -2.39. The number of piperidine rings is 1. The third kappa shape index (κ3) is 4.75. The number of halogens is 3. The van der Waals surface area contributed by atoms with Gasteiger partial charge < -0.3 is 16.0 Å². The minimum atomic E-state index is -4.43. The number of hydrogen-bond donors (Lipinski definition) is 2. The van der Waals surface area contributed by atoms with Crippen LogP contribution in [0.4, 0.5) is 18.9 Å². The van der Waals surface area contributed by atoms with Crippen molar-refractivity contribution in [2.75, 3.05) is 18.0 Å². The summed E-state index contributed by atoms with van der Waals surface area (Å²) in [7, 11) is 0. The number of benzene rings is 1. The Hall–Kier alpha value is -2.06. The molecule has 2 aromatic rings. The van der Waals surface area contributed by atoms with Crippen LogP contribution in [0.2, 0.25) is 0 Å². The van der Waals surface area contributed by atoms with Crippen molar-refractivity contribution in [3.63, 3.8) is 0 Å². The smallest absolute Gasteiger partial charge is 0.370 e. The molecule has 158 valence electrons. The van der Waals surface area contributed by atoms with Gasteiger partial charge in [-0.1, -0.05) is 12.8 Å². The first-order chi connectivity index (χ1) is 13.9. The van der Waals surface area contributed by atoms with E-state index in [-0.39, 0.29) is 6.04 Å². The molecule has 5 nitrogen and oxygen atoms in total. The zero-order chi connectivity index (χ0) is 20.4. The Morgan fingerprint density at radius 3 is 2.38 bits per heavy atom. The van der Waals surface area contributed by atoms with Crippen molar-refractivity contribution in [2.24, 2.45) is 5.73 Å². The van der Waals surface area contributed by atoms with Crippen molar-refractivity contribution < 1.29 is 13.2 Å². The average Bonchev–Trinajstić information content (AvgIpc) is 3.21. The van der Waals surface area contributed by atoms with Crippen LogP contribution >= 0.6 is 0 Å². The molecule has 3 atom stereocenters. The van der Waals surface area contributed by atoms with Gasteiger partial charge in [0.15, 0.2) is 5.69 Å². The summed E-state index contributed by atoms with van der Waals surface area (Å²) < 4.78 is 39.5. The van der Waals surface area contributed by atoms with E-state index in [2.05, 4.69) is 15.3 Å². The minimum absolute atomic E-state index is 0.245. The van der Waals surface area contributed by atoms with Gasteiger partial charge in [0.05, 0.1) is 5.69 Å². The molecule has 1 aliphatic heterocycles. The minimum Gasteiger partial charge on any atom is -0.370 e. The third-order valence-corrected chi connectivity index (χ3v) is 6.05. The van der Waals surface area contributed by atoms with E-state index < -0.39 is 11.9 Å². The summed E-state index contributed by atoms with van der Waals surface area (Å²) in [5, 5.41) is 7.41. The Balaban J connectivity index is 1.40. The summed E-state index contributed by atoms with van der Waals surface area (Å²) in [4.78, 5) is 2.34.